The van der Waals surface area contributed by atoms with Gasteiger partial charge in [-0.15, -0.1) is 0 Å². The predicted molar refractivity (Wildman–Crippen MR) is 114 cm³/mol. The van der Waals surface area contributed by atoms with Gasteiger partial charge in [-0.1, -0.05) is 106 Å². The Labute approximate surface area is 165 Å². The number of hydrogen-bond acceptors (Lipinski definition) is 3. The van der Waals surface area contributed by atoms with Crippen LogP contribution in [0.4, 0.5) is 0 Å². The van der Waals surface area contributed by atoms with Crippen molar-refractivity contribution >= 4 is 8.60 Å². The van der Waals surface area contributed by atoms with Crippen molar-refractivity contribution in [1.82, 2.24) is 0 Å². The molecule has 0 amide bonds. The lowest BCUT2D eigenvalue weighted by atomic mass is 9.87. The molecular weight excluding hydrogens is 355 g/mol. The van der Waals surface area contributed by atoms with Crippen molar-refractivity contribution in [2.75, 3.05) is 6.61 Å². The minimum Gasteiger partial charge on any atom is -0.328 e. The van der Waals surface area contributed by atoms with E-state index >= 15 is 0 Å². The Bertz CT molecular complexity index is 550. The van der Waals surface area contributed by atoms with Crippen molar-refractivity contribution in [3.8, 4) is 0 Å². The monoisotopic (exact) mass is 388 g/mol. The largest absolute Gasteiger partial charge is 0.328 e. The van der Waals surface area contributed by atoms with E-state index in [2.05, 4.69) is 60.7 Å². The molecule has 0 bridgehead atoms. The first-order valence-corrected chi connectivity index (χ1v) is 11.3. The molecule has 0 saturated carbocycles. The van der Waals surface area contributed by atoms with Crippen LogP contribution in [0.15, 0.2) is 60.7 Å². The van der Waals surface area contributed by atoms with E-state index < -0.39 is 8.60 Å². The minimum atomic E-state index is -2.17. The van der Waals surface area contributed by atoms with E-state index in [4.69, 9.17) is 14.3 Å². The third-order valence-corrected chi connectivity index (χ3v) is 5.41. The van der Waals surface area contributed by atoms with Crippen LogP contribution in [0.1, 0.15) is 74.8 Å². The summed E-state index contributed by atoms with van der Waals surface area (Å²) in [5, 5.41) is 0. The van der Waals surface area contributed by atoms with Crippen LogP contribution in [0.5, 0.6) is 0 Å². The fourth-order valence-electron chi connectivity index (χ4n) is 3.55. The van der Waals surface area contributed by atoms with Crippen LogP contribution in [0, 0.1) is 0 Å². The van der Waals surface area contributed by atoms with Gasteiger partial charge in [-0.2, -0.15) is 0 Å². The van der Waals surface area contributed by atoms with Crippen molar-refractivity contribution in [2.24, 2.45) is 0 Å². The fraction of sp³-hybridized carbons (Fsp3) is 0.478. The molecule has 0 heterocycles. The summed E-state index contributed by atoms with van der Waals surface area (Å²) in [6.45, 7) is 0.457. The van der Waals surface area contributed by atoms with Gasteiger partial charge in [0.25, 0.3) is 0 Å². The van der Waals surface area contributed by atoms with Gasteiger partial charge in [0.15, 0.2) is 0 Å². The lowest BCUT2D eigenvalue weighted by Gasteiger charge is -2.18. The second-order valence-corrected chi connectivity index (χ2v) is 7.84. The highest BCUT2D eigenvalue weighted by molar-refractivity contribution is 7.39. The van der Waals surface area contributed by atoms with E-state index in [9.17, 15) is 0 Å². The topological polar surface area (TPSA) is 49.7 Å². The number of rotatable bonds is 14. The molecule has 3 nitrogen and oxygen atoms in total. The zero-order chi connectivity index (χ0) is 19.2. The summed E-state index contributed by atoms with van der Waals surface area (Å²) < 4.78 is 4.77. The van der Waals surface area contributed by atoms with Crippen LogP contribution in [-0.2, 0) is 4.52 Å². The first kappa shape index (κ1) is 22.0. The fourth-order valence-corrected chi connectivity index (χ4v) is 3.85. The molecule has 0 aliphatic heterocycles. The summed E-state index contributed by atoms with van der Waals surface area (Å²) in [5.74, 6) is 0.496. The van der Waals surface area contributed by atoms with Crippen molar-refractivity contribution in [3.05, 3.63) is 71.8 Å². The molecule has 148 valence electrons. The van der Waals surface area contributed by atoms with Crippen molar-refractivity contribution < 1.29 is 14.3 Å². The molecule has 2 N–H and O–H groups in total. The molecule has 0 spiro atoms. The van der Waals surface area contributed by atoms with Gasteiger partial charge >= 0.3 is 8.60 Å². The molecule has 2 rings (SSSR count). The van der Waals surface area contributed by atoms with Gasteiger partial charge in [0.2, 0.25) is 0 Å². The van der Waals surface area contributed by atoms with Crippen molar-refractivity contribution in [1.29, 1.82) is 0 Å². The van der Waals surface area contributed by atoms with Gasteiger partial charge in [0, 0.05) is 5.92 Å². The van der Waals surface area contributed by atoms with Crippen molar-refractivity contribution in [3.63, 3.8) is 0 Å². The molecule has 0 aliphatic carbocycles. The van der Waals surface area contributed by atoms with Crippen LogP contribution in [0.3, 0.4) is 0 Å². The van der Waals surface area contributed by atoms with Crippen LogP contribution < -0.4 is 0 Å². The minimum absolute atomic E-state index is 0.457. The van der Waals surface area contributed by atoms with Crippen LogP contribution in [0.2, 0.25) is 0 Å². The number of unbranched alkanes of at least 4 members (excludes halogenated alkanes) is 7. The quantitative estimate of drug-likeness (QED) is 0.285. The van der Waals surface area contributed by atoms with E-state index in [1.807, 2.05) is 0 Å². The molecule has 4 heteroatoms. The van der Waals surface area contributed by atoms with Crippen LogP contribution >= 0.6 is 8.60 Å². The number of benzene rings is 2. The zero-order valence-electron chi connectivity index (χ0n) is 16.2. The lowest BCUT2D eigenvalue weighted by molar-refractivity contribution is 0.248. The Morgan fingerprint density at radius 3 is 1.56 bits per heavy atom. The smallest absolute Gasteiger partial charge is 0.327 e. The van der Waals surface area contributed by atoms with Gasteiger partial charge in [0.1, 0.15) is 0 Å². The van der Waals surface area contributed by atoms with Crippen LogP contribution in [-0.4, -0.2) is 16.4 Å². The molecule has 0 saturated heterocycles. The van der Waals surface area contributed by atoms with E-state index in [1.165, 1.54) is 56.1 Å². The molecule has 0 atom stereocenters. The van der Waals surface area contributed by atoms with Gasteiger partial charge in [0.05, 0.1) is 6.61 Å². The highest BCUT2D eigenvalue weighted by atomic mass is 31.2. The Morgan fingerprint density at radius 1 is 0.630 bits per heavy atom. The molecule has 0 aliphatic rings. The normalized spacial score (nSPS) is 11.4. The highest BCUT2D eigenvalue weighted by Gasteiger charge is 2.13. The second kappa shape index (κ2) is 13.8. The summed E-state index contributed by atoms with van der Waals surface area (Å²) in [7, 11) is -2.17. The highest BCUT2D eigenvalue weighted by Crippen LogP contribution is 2.30. The van der Waals surface area contributed by atoms with E-state index in [0.717, 1.165) is 12.8 Å². The van der Waals surface area contributed by atoms with Gasteiger partial charge in [-0.25, -0.2) is 0 Å². The molecule has 2 aromatic carbocycles. The first-order chi connectivity index (χ1) is 13.3. The predicted octanol–water partition coefficient (Wildman–Crippen LogP) is 6.56. The van der Waals surface area contributed by atoms with Gasteiger partial charge in [-0.3, -0.25) is 0 Å². The first-order valence-electron chi connectivity index (χ1n) is 10.2. The maximum atomic E-state index is 8.66. The summed E-state index contributed by atoms with van der Waals surface area (Å²) in [5.41, 5.74) is 2.83. The molecule has 0 aromatic heterocycles. The zero-order valence-corrected chi connectivity index (χ0v) is 17.1. The third-order valence-electron chi connectivity index (χ3n) is 5.00. The number of hydrogen-bond donors (Lipinski definition) is 2. The Kier molecular flexibility index (Phi) is 11.3. The van der Waals surface area contributed by atoms with Gasteiger partial charge < -0.3 is 14.3 Å². The molecule has 2 aromatic rings. The molecule has 0 fully saturated rings. The van der Waals surface area contributed by atoms with E-state index in [1.54, 1.807) is 0 Å². The molecular formula is C23H33O3P. The Balaban J connectivity index is 1.61. The van der Waals surface area contributed by atoms with E-state index in [-0.39, 0.29) is 0 Å². The SMILES string of the molecule is OP(O)OCCCCCCCCCCC(c1ccccc1)c1ccccc1. The van der Waals surface area contributed by atoms with Gasteiger partial charge in [-0.05, 0) is 24.0 Å². The Hall–Kier alpha value is -1.25. The average molecular weight is 388 g/mol. The van der Waals surface area contributed by atoms with Crippen LogP contribution in [0.25, 0.3) is 0 Å². The summed E-state index contributed by atoms with van der Waals surface area (Å²) in [6.07, 6.45) is 10.8. The Morgan fingerprint density at radius 2 is 1.07 bits per heavy atom. The summed E-state index contributed by atoms with van der Waals surface area (Å²) in [4.78, 5) is 17.3. The average Bonchev–Trinajstić information content (AvgIpc) is 2.70. The standard InChI is InChI=1S/C23H33O3P/c24-27(25)26-20-14-6-4-2-1-3-5-13-19-23(21-15-9-7-10-16-21)22-17-11-8-12-18-22/h7-12,15-18,23-25H,1-6,13-14,19-20H2. The maximum absolute atomic E-state index is 8.66. The molecule has 0 radical (unpaired) electrons. The summed E-state index contributed by atoms with van der Waals surface area (Å²) >= 11 is 0. The molecule has 0 unspecified atom stereocenters. The third kappa shape index (κ3) is 9.48. The summed E-state index contributed by atoms with van der Waals surface area (Å²) in [6, 6.07) is 21.7. The van der Waals surface area contributed by atoms with E-state index in [0.29, 0.717) is 12.5 Å². The second-order valence-electron chi connectivity index (χ2n) is 7.08. The lowest BCUT2D eigenvalue weighted by Crippen LogP contribution is -2.01. The maximum Gasteiger partial charge on any atom is 0.327 e. The van der Waals surface area contributed by atoms with Crippen molar-refractivity contribution in [2.45, 2.75) is 63.7 Å². The molecule has 27 heavy (non-hydrogen) atoms.